The summed E-state index contributed by atoms with van der Waals surface area (Å²) in [6.07, 6.45) is 2.11. The summed E-state index contributed by atoms with van der Waals surface area (Å²) in [5, 5.41) is 10.8. The van der Waals surface area contributed by atoms with E-state index in [2.05, 4.69) is 4.98 Å². The van der Waals surface area contributed by atoms with Gasteiger partial charge in [0.05, 0.1) is 5.60 Å². The number of nitrogens with zero attached hydrogens (tertiary/aromatic N) is 1. The molecule has 1 unspecified atom stereocenters. The van der Waals surface area contributed by atoms with Crippen molar-refractivity contribution in [2.45, 2.75) is 32.8 Å². The van der Waals surface area contributed by atoms with Crippen molar-refractivity contribution in [1.82, 2.24) is 4.98 Å². The predicted molar refractivity (Wildman–Crippen MR) is 77.8 cm³/mol. The number of hydrogen-bond donors (Lipinski definition) is 2. The minimum atomic E-state index is -0.951. The number of nitrogens with two attached hydrogens (primary N) is 1. The van der Waals surface area contributed by atoms with Crippen molar-refractivity contribution in [2.75, 3.05) is 5.73 Å². The van der Waals surface area contributed by atoms with Crippen LogP contribution in [0.3, 0.4) is 0 Å². The van der Waals surface area contributed by atoms with Gasteiger partial charge in [0.2, 0.25) is 0 Å². The van der Waals surface area contributed by atoms with Crippen LogP contribution in [0.5, 0.6) is 0 Å². The third kappa shape index (κ3) is 2.93. The van der Waals surface area contributed by atoms with Gasteiger partial charge < -0.3 is 10.8 Å². The molecule has 3 heteroatoms. The van der Waals surface area contributed by atoms with E-state index < -0.39 is 5.60 Å². The van der Waals surface area contributed by atoms with Crippen molar-refractivity contribution < 1.29 is 5.11 Å². The van der Waals surface area contributed by atoms with Gasteiger partial charge in [-0.05, 0) is 43.5 Å². The van der Waals surface area contributed by atoms with Crippen LogP contribution in [0, 0.1) is 13.8 Å². The highest BCUT2D eigenvalue weighted by Crippen LogP contribution is 2.29. The van der Waals surface area contributed by atoms with Gasteiger partial charge in [0.25, 0.3) is 0 Å². The molecule has 3 nitrogen and oxygen atoms in total. The third-order valence-electron chi connectivity index (χ3n) is 3.43. The standard InChI is InChI=1S/C16H20N2O/c1-11-6-7-12(2)14(9-11)16(3,19)10-13-5-4-8-18-15(13)17/h4-9,19H,10H2,1-3H3,(H2,17,18). The molecule has 19 heavy (non-hydrogen) atoms. The van der Waals surface area contributed by atoms with Crippen molar-refractivity contribution >= 4 is 5.82 Å². The summed E-state index contributed by atoms with van der Waals surface area (Å²) in [6.45, 7) is 5.86. The first-order chi connectivity index (χ1) is 8.90. The Kier molecular flexibility index (Phi) is 3.58. The van der Waals surface area contributed by atoms with E-state index in [9.17, 15) is 5.11 Å². The van der Waals surface area contributed by atoms with E-state index >= 15 is 0 Å². The van der Waals surface area contributed by atoms with Gasteiger partial charge in [-0.3, -0.25) is 0 Å². The number of anilines is 1. The minimum absolute atomic E-state index is 0.455. The van der Waals surface area contributed by atoms with E-state index in [4.69, 9.17) is 5.73 Å². The van der Waals surface area contributed by atoms with Crippen LogP contribution in [0.2, 0.25) is 0 Å². The van der Waals surface area contributed by atoms with Gasteiger partial charge in [-0.15, -0.1) is 0 Å². The fourth-order valence-electron chi connectivity index (χ4n) is 2.38. The molecule has 0 saturated carbocycles. The van der Waals surface area contributed by atoms with E-state index in [1.807, 2.05) is 51.1 Å². The Hall–Kier alpha value is -1.87. The molecule has 0 bridgehead atoms. The molecule has 1 atom stereocenters. The number of aromatic nitrogens is 1. The Labute approximate surface area is 114 Å². The molecule has 0 radical (unpaired) electrons. The van der Waals surface area contributed by atoms with Crippen molar-refractivity contribution in [2.24, 2.45) is 0 Å². The molecule has 0 aliphatic rings. The molecule has 0 spiro atoms. The Morgan fingerprint density at radius 1 is 1.26 bits per heavy atom. The quantitative estimate of drug-likeness (QED) is 0.887. The van der Waals surface area contributed by atoms with Crippen molar-refractivity contribution in [3.63, 3.8) is 0 Å². The Morgan fingerprint density at radius 3 is 2.68 bits per heavy atom. The van der Waals surface area contributed by atoms with Crippen LogP contribution in [0.15, 0.2) is 36.5 Å². The van der Waals surface area contributed by atoms with E-state index in [1.165, 1.54) is 0 Å². The molecule has 1 aromatic heterocycles. The van der Waals surface area contributed by atoms with Gasteiger partial charge in [-0.25, -0.2) is 4.98 Å². The molecule has 2 aromatic rings. The number of aliphatic hydroxyl groups is 1. The molecule has 0 aliphatic heterocycles. The highest BCUT2D eigenvalue weighted by Gasteiger charge is 2.26. The summed E-state index contributed by atoms with van der Waals surface area (Å²) >= 11 is 0. The first-order valence-electron chi connectivity index (χ1n) is 6.39. The van der Waals surface area contributed by atoms with Crippen molar-refractivity contribution in [1.29, 1.82) is 0 Å². The molecular formula is C16H20N2O. The average Bonchev–Trinajstić information content (AvgIpc) is 2.35. The molecule has 1 aromatic carbocycles. The van der Waals surface area contributed by atoms with Crippen LogP contribution in [0.4, 0.5) is 5.82 Å². The van der Waals surface area contributed by atoms with E-state index in [0.29, 0.717) is 12.2 Å². The van der Waals surface area contributed by atoms with Crippen LogP contribution in [-0.2, 0) is 12.0 Å². The summed E-state index contributed by atoms with van der Waals surface area (Å²) in [6, 6.07) is 9.85. The topological polar surface area (TPSA) is 59.1 Å². The zero-order valence-electron chi connectivity index (χ0n) is 11.6. The van der Waals surface area contributed by atoms with E-state index in [1.54, 1.807) is 6.20 Å². The Balaban J connectivity index is 2.37. The first-order valence-corrected chi connectivity index (χ1v) is 6.39. The molecule has 1 heterocycles. The number of benzene rings is 1. The minimum Gasteiger partial charge on any atom is -0.385 e. The molecular weight excluding hydrogens is 236 g/mol. The largest absolute Gasteiger partial charge is 0.385 e. The highest BCUT2D eigenvalue weighted by molar-refractivity contribution is 5.42. The maximum atomic E-state index is 10.8. The summed E-state index contributed by atoms with van der Waals surface area (Å²) in [5.74, 6) is 0.480. The third-order valence-corrected chi connectivity index (χ3v) is 3.43. The SMILES string of the molecule is Cc1ccc(C)c(C(C)(O)Cc2cccnc2N)c1. The zero-order chi connectivity index (χ0) is 14.0. The lowest BCUT2D eigenvalue weighted by atomic mass is 9.85. The smallest absolute Gasteiger partial charge is 0.126 e. The molecule has 0 fully saturated rings. The molecule has 0 amide bonds. The second-order valence-corrected chi connectivity index (χ2v) is 5.32. The van der Waals surface area contributed by atoms with Gasteiger partial charge >= 0.3 is 0 Å². The Bertz CT molecular complexity index is 591. The number of aryl methyl sites for hydroxylation is 2. The summed E-state index contributed by atoms with van der Waals surface area (Å²) < 4.78 is 0. The van der Waals surface area contributed by atoms with Crippen LogP contribution in [0.25, 0.3) is 0 Å². The number of nitrogen functional groups attached to an aromatic ring is 1. The maximum absolute atomic E-state index is 10.8. The van der Waals surface area contributed by atoms with Crippen LogP contribution in [-0.4, -0.2) is 10.1 Å². The fraction of sp³-hybridized carbons (Fsp3) is 0.312. The number of hydrogen-bond acceptors (Lipinski definition) is 3. The number of rotatable bonds is 3. The first kappa shape index (κ1) is 13.6. The molecule has 0 saturated heterocycles. The van der Waals surface area contributed by atoms with E-state index in [0.717, 1.165) is 22.3 Å². The lowest BCUT2D eigenvalue weighted by Gasteiger charge is -2.26. The lowest BCUT2D eigenvalue weighted by molar-refractivity contribution is 0.0570. The lowest BCUT2D eigenvalue weighted by Crippen LogP contribution is -2.26. The van der Waals surface area contributed by atoms with Crippen molar-refractivity contribution in [3.8, 4) is 0 Å². The summed E-state index contributed by atoms with van der Waals surface area (Å²) in [7, 11) is 0. The summed E-state index contributed by atoms with van der Waals surface area (Å²) in [4.78, 5) is 4.06. The second-order valence-electron chi connectivity index (χ2n) is 5.32. The summed E-state index contributed by atoms with van der Waals surface area (Å²) in [5.41, 5.74) is 8.93. The molecule has 3 N–H and O–H groups in total. The fourth-order valence-corrected chi connectivity index (χ4v) is 2.38. The van der Waals surface area contributed by atoms with Gasteiger partial charge in [-0.2, -0.15) is 0 Å². The van der Waals surface area contributed by atoms with Gasteiger partial charge in [0.15, 0.2) is 0 Å². The van der Waals surface area contributed by atoms with Gasteiger partial charge in [-0.1, -0.05) is 29.8 Å². The molecule has 0 aliphatic carbocycles. The normalized spacial score (nSPS) is 14.1. The zero-order valence-corrected chi connectivity index (χ0v) is 11.6. The van der Waals surface area contributed by atoms with E-state index in [-0.39, 0.29) is 0 Å². The monoisotopic (exact) mass is 256 g/mol. The molecule has 100 valence electrons. The average molecular weight is 256 g/mol. The van der Waals surface area contributed by atoms with Crippen LogP contribution >= 0.6 is 0 Å². The van der Waals surface area contributed by atoms with Crippen LogP contribution < -0.4 is 5.73 Å². The highest BCUT2D eigenvalue weighted by atomic mass is 16.3. The van der Waals surface area contributed by atoms with Crippen LogP contribution in [0.1, 0.15) is 29.2 Å². The van der Waals surface area contributed by atoms with Crippen molar-refractivity contribution in [3.05, 3.63) is 58.8 Å². The maximum Gasteiger partial charge on any atom is 0.126 e. The molecule has 2 rings (SSSR count). The Morgan fingerprint density at radius 2 is 2.00 bits per heavy atom. The van der Waals surface area contributed by atoms with Gasteiger partial charge in [0, 0.05) is 12.6 Å². The van der Waals surface area contributed by atoms with Gasteiger partial charge in [0.1, 0.15) is 5.82 Å². The predicted octanol–water partition coefficient (Wildman–Crippen LogP) is 2.73. The second kappa shape index (κ2) is 5.02. The number of pyridine rings is 1.